The van der Waals surface area contributed by atoms with E-state index in [0.717, 1.165) is 27.0 Å². The molecule has 2 aromatic carbocycles. The van der Waals surface area contributed by atoms with E-state index in [1.54, 1.807) is 4.90 Å². The summed E-state index contributed by atoms with van der Waals surface area (Å²) in [5.41, 5.74) is 2.72. The van der Waals surface area contributed by atoms with Crippen molar-refractivity contribution in [2.45, 2.75) is 12.8 Å². The minimum absolute atomic E-state index is 0.0227. The first kappa shape index (κ1) is 17.7. The summed E-state index contributed by atoms with van der Waals surface area (Å²) in [6.07, 6.45) is 0.861. The van der Waals surface area contributed by atoms with Gasteiger partial charge in [0.1, 0.15) is 5.82 Å². The van der Waals surface area contributed by atoms with Crippen LogP contribution in [0.5, 0.6) is 0 Å². The number of halogens is 1. The summed E-state index contributed by atoms with van der Waals surface area (Å²) in [4.78, 5) is 34.2. The van der Waals surface area contributed by atoms with Crippen molar-refractivity contribution in [1.29, 1.82) is 0 Å². The van der Waals surface area contributed by atoms with E-state index in [1.807, 2.05) is 48.5 Å². The fourth-order valence-corrected chi connectivity index (χ4v) is 3.74. The second kappa shape index (κ2) is 7.52. The topological polar surface area (TPSA) is 78.1 Å². The largest absolute Gasteiger partial charge is 0.355 e. The molecule has 4 rings (SSSR count). The van der Waals surface area contributed by atoms with Crippen molar-refractivity contribution in [3.63, 3.8) is 0 Å². The predicted molar refractivity (Wildman–Crippen MR) is 107 cm³/mol. The van der Waals surface area contributed by atoms with Crippen LogP contribution < -0.4 is 10.2 Å². The molecule has 3 aromatic rings. The fourth-order valence-electron chi connectivity index (χ4n) is 3.35. The van der Waals surface area contributed by atoms with Gasteiger partial charge in [-0.3, -0.25) is 9.59 Å². The number of H-pyrrole nitrogens is 1. The molecule has 0 spiro atoms. The Morgan fingerprint density at radius 2 is 2.11 bits per heavy atom. The van der Waals surface area contributed by atoms with Crippen LogP contribution in [0.2, 0.25) is 0 Å². The van der Waals surface area contributed by atoms with Gasteiger partial charge in [-0.15, -0.1) is 0 Å². The zero-order valence-electron chi connectivity index (χ0n) is 14.6. The van der Waals surface area contributed by atoms with Crippen LogP contribution in [0.15, 0.2) is 53.0 Å². The van der Waals surface area contributed by atoms with Gasteiger partial charge in [-0.25, -0.2) is 4.98 Å². The van der Waals surface area contributed by atoms with E-state index in [9.17, 15) is 9.59 Å². The van der Waals surface area contributed by atoms with Crippen LogP contribution in [0.1, 0.15) is 12.2 Å². The molecule has 27 heavy (non-hydrogen) atoms. The van der Waals surface area contributed by atoms with Gasteiger partial charge in [0.15, 0.2) is 0 Å². The lowest BCUT2D eigenvalue weighted by atomic mass is 10.1. The molecule has 1 aliphatic rings. The molecule has 1 aromatic heterocycles. The molecule has 2 heterocycles. The molecule has 0 aliphatic carbocycles. The molecule has 6 nitrogen and oxygen atoms in total. The Balaban J connectivity index is 1.33. The number of rotatable bonds is 5. The number of amides is 2. The van der Waals surface area contributed by atoms with Crippen molar-refractivity contribution in [2.24, 2.45) is 5.92 Å². The van der Waals surface area contributed by atoms with Gasteiger partial charge in [-0.2, -0.15) is 0 Å². The molecule has 0 radical (unpaired) electrons. The average molecular weight is 427 g/mol. The molecular weight excluding hydrogens is 408 g/mol. The number of hydrogen-bond donors (Lipinski definition) is 2. The number of carbonyl (C=O) groups excluding carboxylic acids is 2. The minimum atomic E-state index is -0.327. The first-order valence-electron chi connectivity index (χ1n) is 8.87. The number of para-hydroxylation sites is 2. The van der Waals surface area contributed by atoms with E-state index >= 15 is 0 Å². The molecule has 1 atom stereocenters. The third kappa shape index (κ3) is 3.88. The molecule has 2 N–H and O–H groups in total. The zero-order chi connectivity index (χ0) is 18.8. The van der Waals surface area contributed by atoms with E-state index < -0.39 is 0 Å². The van der Waals surface area contributed by atoms with Crippen molar-refractivity contribution >= 4 is 44.5 Å². The van der Waals surface area contributed by atoms with Gasteiger partial charge in [0.25, 0.3) is 0 Å². The molecule has 1 unspecified atom stereocenters. The first-order chi connectivity index (χ1) is 13.1. The number of benzene rings is 2. The maximum absolute atomic E-state index is 12.5. The second-order valence-electron chi connectivity index (χ2n) is 6.63. The summed E-state index contributed by atoms with van der Waals surface area (Å²) in [5, 5.41) is 2.93. The third-order valence-corrected chi connectivity index (χ3v) is 5.21. The van der Waals surface area contributed by atoms with Crippen LogP contribution in [0.3, 0.4) is 0 Å². The molecule has 7 heteroatoms. The van der Waals surface area contributed by atoms with Crippen molar-refractivity contribution in [3.05, 3.63) is 58.8 Å². The lowest BCUT2D eigenvalue weighted by molar-refractivity contribution is -0.126. The Kier molecular flexibility index (Phi) is 4.94. The first-order valence-corrected chi connectivity index (χ1v) is 9.67. The Morgan fingerprint density at radius 1 is 1.26 bits per heavy atom. The normalized spacial score (nSPS) is 16.9. The molecule has 1 aliphatic heterocycles. The van der Waals surface area contributed by atoms with Gasteiger partial charge in [-0.1, -0.05) is 34.1 Å². The minimum Gasteiger partial charge on any atom is -0.355 e. The van der Waals surface area contributed by atoms with Gasteiger partial charge in [-0.05, 0) is 30.3 Å². The van der Waals surface area contributed by atoms with E-state index in [0.29, 0.717) is 19.5 Å². The zero-order valence-corrected chi connectivity index (χ0v) is 16.2. The van der Waals surface area contributed by atoms with Gasteiger partial charge in [0.05, 0.1) is 17.0 Å². The smallest absolute Gasteiger partial charge is 0.227 e. The van der Waals surface area contributed by atoms with Crippen LogP contribution in [0.4, 0.5) is 5.69 Å². The van der Waals surface area contributed by atoms with E-state index in [1.165, 1.54) is 0 Å². The van der Waals surface area contributed by atoms with Crippen LogP contribution in [-0.2, 0) is 16.0 Å². The number of carbonyl (C=O) groups is 2. The van der Waals surface area contributed by atoms with E-state index in [-0.39, 0.29) is 24.2 Å². The highest BCUT2D eigenvalue weighted by atomic mass is 79.9. The molecular formula is C20H19BrN4O2. The summed E-state index contributed by atoms with van der Waals surface area (Å²) in [5.74, 6) is 0.407. The summed E-state index contributed by atoms with van der Waals surface area (Å²) < 4.78 is 0.909. The Labute approximate surface area is 165 Å². The summed E-state index contributed by atoms with van der Waals surface area (Å²) in [7, 11) is 0. The SMILES string of the molecule is O=C(NCCc1nc2ccccc2[nH]1)C1CC(=O)N(c2cccc(Br)c2)C1. The Morgan fingerprint density at radius 3 is 2.93 bits per heavy atom. The Hall–Kier alpha value is -2.67. The highest BCUT2D eigenvalue weighted by molar-refractivity contribution is 9.10. The van der Waals surface area contributed by atoms with Crippen LogP contribution in [0, 0.1) is 5.92 Å². The number of aromatic nitrogens is 2. The molecule has 0 bridgehead atoms. The summed E-state index contributed by atoms with van der Waals surface area (Å²) in [6.45, 7) is 0.895. The molecule has 1 saturated heterocycles. The number of nitrogens with one attached hydrogen (secondary N) is 2. The van der Waals surface area contributed by atoms with Crippen LogP contribution in [0.25, 0.3) is 11.0 Å². The monoisotopic (exact) mass is 426 g/mol. The summed E-state index contributed by atoms with van der Waals surface area (Å²) in [6, 6.07) is 15.4. The van der Waals surface area contributed by atoms with Crippen molar-refractivity contribution in [3.8, 4) is 0 Å². The van der Waals surface area contributed by atoms with Gasteiger partial charge >= 0.3 is 0 Å². The lowest BCUT2D eigenvalue weighted by Gasteiger charge is -2.17. The maximum atomic E-state index is 12.5. The van der Waals surface area contributed by atoms with E-state index in [4.69, 9.17) is 0 Å². The number of aromatic amines is 1. The van der Waals surface area contributed by atoms with Crippen LogP contribution >= 0.6 is 15.9 Å². The number of anilines is 1. The maximum Gasteiger partial charge on any atom is 0.227 e. The molecule has 138 valence electrons. The molecule has 1 fully saturated rings. The van der Waals surface area contributed by atoms with Gasteiger partial charge < -0.3 is 15.2 Å². The number of imidazole rings is 1. The average Bonchev–Trinajstić information content (AvgIpc) is 3.24. The quantitative estimate of drug-likeness (QED) is 0.657. The number of hydrogen-bond acceptors (Lipinski definition) is 3. The molecule has 0 saturated carbocycles. The predicted octanol–water partition coefficient (Wildman–Crippen LogP) is 3.04. The van der Waals surface area contributed by atoms with Crippen molar-refractivity contribution < 1.29 is 9.59 Å². The van der Waals surface area contributed by atoms with Gasteiger partial charge in [0.2, 0.25) is 11.8 Å². The second-order valence-corrected chi connectivity index (χ2v) is 7.54. The third-order valence-electron chi connectivity index (χ3n) is 4.72. The van der Waals surface area contributed by atoms with Crippen molar-refractivity contribution in [1.82, 2.24) is 15.3 Å². The van der Waals surface area contributed by atoms with Gasteiger partial charge in [0, 0.05) is 36.1 Å². The van der Waals surface area contributed by atoms with Crippen LogP contribution in [-0.4, -0.2) is 34.9 Å². The number of nitrogens with zero attached hydrogens (tertiary/aromatic N) is 2. The lowest BCUT2D eigenvalue weighted by Crippen LogP contribution is -2.34. The number of fused-ring (bicyclic) bond motifs is 1. The van der Waals surface area contributed by atoms with Crippen molar-refractivity contribution in [2.75, 3.05) is 18.0 Å². The highest BCUT2D eigenvalue weighted by Gasteiger charge is 2.35. The fraction of sp³-hybridized carbons (Fsp3) is 0.250. The highest BCUT2D eigenvalue weighted by Crippen LogP contribution is 2.27. The molecule has 2 amide bonds. The summed E-state index contributed by atoms with van der Waals surface area (Å²) >= 11 is 3.42. The Bertz CT molecular complexity index is 967. The van der Waals surface area contributed by atoms with E-state index in [2.05, 4.69) is 31.2 Å². The standard InChI is InChI=1S/C20H19BrN4O2/c21-14-4-3-5-15(11-14)25-12-13(10-19(25)26)20(27)22-9-8-18-23-16-6-1-2-7-17(16)24-18/h1-7,11,13H,8-10,12H2,(H,22,27)(H,23,24).